The van der Waals surface area contributed by atoms with Gasteiger partial charge in [-0.2, -0.15) is 0 Å². The van der Waals surface area contributed by atoms with Crippen molar-refractivity contribution in [2.24, 2.45) is 11.5 Å². The molecule has 0 aromatic carbocycles. The van der Waals surface area contributed by atoms with Crippen LogP contribution in [0.2, 0.25) is 6.04 Å². The molecule has 0 aromatic rings. The quantitative estimate of drug-likeness (QED) is 0.273. The van der Waals surface area contributed by atoms with Crippen LogP contribution in [0.25, 0.3) is 0 Å². The predicted octanol–water partition coefficient (Wildman–Crippen LogP) is 0.278. The molecule has 0 rings (SSSR count). The van der Waals surface area contributed by atoms with E-state index in [1.54, 1.807) is 28.3 Å². The second-order valence-corrected chi connectivity index (χ2v) is 6.98. The van der Waals surface area contributed by atoms with Gasteiger partial charge in [0.25, 0.3) is 0 Å². The molecule has 4 N–H and O–H groups in total. The van der Waals surface area contributed by atoms with Crippen LogP contribution in [0, 0.1) is 0 Å². The first-order chi connectivity index (χ1) is 9.42. The van der Waals surface area contributed by atoms with Crippen LogP contribution in [0.5, 0.6) is 0 Å². The van der Waals surface area contributed by atoms with Gasteiger partial charge in [-0.3, -0.25) is 0 Å². The smallest absolute Gasteiger partial charge is 0.462 e. The summed E-state index contributed by atoms with van der Waals surface area (Å²) in [6.07, 6.45) is 0.640. The Morgan fingerprint density at radius 1 is 1.10 bits per heavy atom. The minimum Gasteiger partial charge on any atom is -0.462 e. The van der Waals surface area contributed by atoms with Crippen molar-refractivity contribution < 1.29 is 22.8 Å². The van der Waals surface area contributed by atoms with E-state index in [-0.39, 0.29) is 5.97 Å². The van der Waals surface area contributed by atoms with Gasteiger partial charge in [-0.15, -0.1) is 0 Å². The fourth-order valence-electron chi connectivity index (χ4n) is 1.13. The third kappa shape index (κ3) is 10.1. The number of nitrogens with two attached hydrogens (primary N) is 2. The van der Waals surface area contributed by atoms with Crippen LogP contribution in [0.15, 0.2) is 12.2 Å². The van der Waals surface area contributed by atoms with Crippen molar-refractivity contribution >= 4 is 14.8 Å². The molecule has 120 valence electrons. The van der Waals surface area contributed by atoms with Crippen LogP contribution in [0.4, 0.5) is 0 Å². The summed E-state index contributed by atoms with van der Waals surface area (Å²) < 4.78 is 20.6. The van der Waals surface area contributed by atoms with Gasteiger partial charge in [0.2, 0.25) is 0 Å². The number of hydrogen-bond acceptors (Lipinski definition) is 7. The minimum absolute atomic E-state index is 0.316. The van der Waals surface area contributed by atoms with Gasteiger partial charge in [0.1, 0.15) is 0 Å². The van der Waals surface area contributed by atoms with E-state index >= 15 is 0 Å². The zero-order valence-electron chi connectivity index (χ0n) is 12.9. The van der Waals surface area contributed by atoms with Crippen LogP contribution in [0.3, 0.4) is 0 Å². The Morgan fingerprint density at radius 2 is 1.55 bits per heavy atom. The molecule has 0 heterocycles. The number of carbonyl (C=O) groups excluding carboxylic acids is 1. The molecule has 7 nitrogen and oxygen atoms in total. The van der Waals surface area contributed by atoms with Crippen molar-refractivity contribution in [2.45, 2.75) is 19.4 Å². The highest BCUT2D eigenvalue weighted by atomic mass is 28.4. The number of carbonyl (C=O) groups is 1. The number of ether oxygens (including phenoxy) is 1. The normalized spacial score (nSPS) is 10.5. The van der Waals surface area contributed by atoms with E-state index in [0.717, 1.165) is 0 Å². The highest BCUT2D eigenvalue weighted by Gasteiger charge is 2.36. The summed E-state index contributed by atoms with van der Waals surface area (Å²) in [5.74, 6) is -0.375. The van der Waals surface area contributed by atoms with E-state index in [1.165, 1.54) is 0 Å². The third-order valence-electron chi connectivity index (χ3n) is 2.31. The summed E-state index contributed by atoms with van der Waals surface area (Å²) >= 11 is 0. The van der Waals surface area contributed by atoms with Crippen molar-refractivity contribution in [3.63, 3.8) is 0 Å². The van der Waals surface area contributed by atoms with Gasteiger partial charge in [0.05, 0.1) is 6.61 Å². The number of hydrogen-bond donors (Lipinski definition) is 2. The Labute approximate surface area is 122 Å². The Hall–Kier alpha value is -0.773. The molecule has 0 bridgehead atoms. The Kier molecular flexibility index (Phi) is 14.2. The molecular formula is C12H28N2O5Si. The van der Waals surface area contributed by atoms with Crippen molar-refractivity contribution in [3.8, 4) is 0 Å². The third-order valence-corrected chi connectivity index (χ3v) is 5.14. The van der Waals surface area contributed by atoms with E-state index in [2.05, 4.69) is 6.58 Å². The molecule has 0 atom stereocenters. The topological polar surface area (TPSA) is 106 Å². The number of rotatable bonds is 9. The molecular weight excluding hydrogens is 280 g/mol. The summed E-state index contributed by atoms with van der Waals surface area (Å²) in [5.41, 5.74) is 10.2. The Balaban J connectivity index is 0. The summed E-state index contributed by atoms with van der Waals surface area (Å²) in [4.78, 5) is 11.1. The van der Waals surface area contributed by atoms with Gasteiger partial charge in [-0.05, 0) is 13.3 Å². The molecule has 0 aromatic heterocycles. The lowest BCUT2D eigenvalue weighted by molar-refractivity contribution is -0.139. The van der Waals surface area contributed by atoms with Gasteiger partial charge >= 0.3 is 14.8 Å². The first kappa shape index (κ1) is 21.5. The second kappa shape index (κ2) is 13.2. The molecule has 0 saturated carbocycles. The summed E-state index contributed by atoms with van der Waals surface area (Å²) in [7, 11) is 2.13. The maximum absolute atomic E-state index is 11.1. The van der Waals surface area contributed by atoms with E-state index in [0.29, 0.717) is 37.7 Å². The summed E-state index contributed by atoms with van der Waals surface area (Å²) in [5, 5.41) is 0. The molecule has 0 amide bonds. The van der Waals surface area contributed by atoms with Crippen molar-refractivity contribution in [1.82, 2.24) is 0 Å². The first-order valence-corrected chi connectivity index (χ1v) is 8.24. The molecule has 0 aliphatic rings. The standard InChI is InChI=1S/C10H20O5Si.C2H8N2/c1-9(2)10(11)15-7-6-8-16(12-3,13-4)14-5;3-1-2-4/h1,6-8H2,2-5H3;1-4H2. The fourth-order valence-corrected chi connectivity index (χ4v) is 2.82. The average molecular weight is 308 g/mol. The molecule has 0 radical (unpaired) electrons. The van der Waals surface area contributed by atoms with Crippen molar-refractivity contribution in [3.05, 3.63) is 12.2 Å². The molecule has 8 heteroatoms. The summed E-state index contributed by atoms with van der Waals surface area (Å²) in [6, 6.07) is 0.611. The van der Waals surface area contributed by atoms with Crippen LogP contribution in [-0.2, 0) is 22.8 Å². The minimum atomic E-state index is -2.53. The molecule has 0 unspecified atom stereocenters. The molecule has 0 fully saturated rings. The molecule has 0 aliphatic carbocycles. The predicted molar refractivity (Wildman–Crippen MR) is 80.1 cm³/mol. The monoisotopic (exact) mass is 308 g/mol. The van der Waals surface area contributed by atoms with E-state index < -0.39 is 8.80 Å². The average Bonchev–Trinajstić information content (AvgIpc) is 2.48. The zero-order chi connectivity index (χ0) is 16.0. The first-order valence-electron chi connectivity index (χ1n) is 6.31. The lowest BCUT2D eigenvalue weighted by Crippen LogP contribution is -2.42. The molecule has 20 heavy (non-hydrogen) atoms. The van der Waals surface area contributed by atoms with Gasteiger partial charge in [0, 0.05) is 46.0 Å². The molecule has 0 saturated heterocycles. The molecule has 0 spiro atoms. The fraction of sp³-hybridized carbons (Fsp3) is 0.750. The Bertz CT molecular complexity index is 262. The van der Waals surface area contributed by atoms with Crippen LogP contribution < -0.4 is 11.5 Å². The lowest BCUT2D eigenvalue weighted by atomic mass is 10.4. The van der Waals surface area contributed by atoms with Gasteiger partial charge in [-0.1, -0.05) is 6.58 Å². The maximum atomic E-state index is 11.1. The van der Waals surface area contributed by atoms with Gasteiger partial charge in [0.15, 0.2) is 0 Å². The van der Waals surface area contributed by atoms with Crippen LogP contribution in [0.1, 0.15) is 13.3 Å². The van der Waals surface area contributed by atoms with E-state index in [9.17, 15) is 4.79 Å². The summed E-state index contributed by atoms with van der Waals surface area (Å²) in [6.45, 7) is 6.61. The Morgan fingerprint density at radius 3 is 1.85 bits per heavy atom. The highest BCUT2D eigenvalue weighted by molar-refractivity contribution is 6.60. The van der Waals surface area contributed by atoms with E-state index in [4.69, 9.17) is 29.5 Å². The van der Waals surface area contributed by atoms with Crippen molar-refractivity contribution in [2.75, 3.05) is 41.0 Å². The molecule has 0 aliphatic heterocycles. The van der Waals surface area contributed by atoms with Crippen LogP contribution in [-0.4, -0.2) is 55.8 Å². The largest absolute Gasteiger partial charge is 0.500 e. The second-order valence-electron chi connectivity index (χ2n) is 3.89. The SMILES string of the molecule is C=C(C)C(=O)OCCC[Si](OC)(OC)OC.NCCN. The number of esters is 1. The van der Waals surface area contributed by atoms with Gasteiger partial charge in [-0.25, -0.2) is 4.79 Å². The highest BCUT2D eigenvalue weighted by Crippen LogP contribution is 2.14. The van der Waals surface area contributed by atoms with Crippen LogP contribution >= 0.6 is 0 Å². The zero-order valence-corrected chi connectivity index (χ0v) is 13.9. The lowest BCUT2D eigenvalue weighted by Gasteiger charge is -2.24. The van der Waals surface area contributed by atoms with Crippen molar-refractivity contribution in [1.29, 1.82) is 0 Å². The van der Waals surface area contributed by atoms with E-state index in [1.807, 2.05) is 0 Å². The van der Waals surface area contributed by atoms with Gasteiger partial charge < -0.3 is 29.5 Å². The maximum Gasteiger partial charge on any atom is 0.500 e.